The fourth-order valence-electron chi connectivity index (χ4n) is 3.87. The first-order valence-corrected chi connectivity index (χ1v) is 10.6. The fourth-order valence-corrected chi connectivity index (χ4v) is 4.04. The third-order valence-electron chi connectivity index (χ3n) is 5.57. The SMILES string of the molecule is Cc1ccc(Cl)cc1NC(=O)/C(C#N)=C/c1cc(C)n(-c2ccc3ccccc3c2)c1C. The lowest BCUT2D eigenvalue weighted by Crippen LogP contribution is -2.14. The topological polar surface area (TPSA) is 57.8 Å². The molecule has 4 nitrogen and oxygen atoms in total. The van der Waals surface area contributed by atoms with E-state index in [1.165, 1.54) is 5.39 Å². The number of fused-ring (bicyclic) bond motifs is 1. The summed E-state index contributed by atoms with van der Waals surface area (Å²) in [5.41, 5.74) is 5.33. The number of carbonyl (C=O) groups is 1. The molecule has 0 unspecified atom stereocenters. The van der Waals surface area contributed by atoms with Crippen LogP contribution in [0.5, 0.6) is 0 Å². The zero-order valence-electron chi connectivity index (χ0n) is 18.1. The molecule has 0 saturated carbocycles. The van der Waals surface area contributed by atoms with Gasteiger partial charge < -0.3 is 9.88 Å². The molecule has 0 fully saturated rings. The highest BCUT2D eigenvalue weighted by Gasteiger charge is 2.15. The van der Waals surface area contributed by atoms with E-state index in [9.17, 15) is 10.1 Å². The van der Waals surface area contributed by atoms with Crippen molar-refractivity contribution in [3.8, 4) is 11.8 Å². The third kappa shape index (κ3) is 4.16. The molecule has 0 bridgehead atoms. The number of aromatic nitrogens is 1. The highest BCUT2D eigenvalue weighted by Crippen LogP contribution is 2.26. The zero-order valence-corrected chi connectivity index (χ0v) is 18.9. The van der Waals surface area contributed by atoms with Crippen LogP contribution in [0.25, 0.3) is 22.5 Å². The summed E-state index contributed by atoms with van der Waals surface area (Å²) in [6, 6.07) is 23.8. The number of hydrogen-bond acceptors (Lipinski definition) is 2. The van der Waals surface area contributed by atoms with Gasteiger partial charge in [-0.15, -0.1) is 0 Å². The van der Waals surface area contributed by atoms with Gasteiger partial charge in [0.15, 0.2) is 0 Å². The van der Waals surface area contributed by atoms with Crippen LogP contribution in [-0.4, -0.2) is 10.5 Å². The van der Waals surface area contributed by atoms with Gasteiger partial charge in [-0.1, -0.05) is 48.0 Å². The predicted octanol–water partition coefficient (Wildman–Crippen LogP) is 6.75. The van der Waals surface area contributed by atoms with E-state index in [1.54, 1.807) is 18.2 Å². The Hall–Kier alpha value is -3.81. The number of halogens is 1. The molecule has 0 aliphatic rings. The molecular formula is C27H22ClN3O. The summed E-state index contributed by atoms with van der Waals surface area (Å²) < 4.78 is 2.13. The lowest BCUT2D eigenvalue weighted by atomic mass is 10.1. The monoisotopic (exact) mass is 439 g/mol. The average Bonchev–Trinajstić information content (AvgIpc) is 3.06. The molecule has 158 valence electrons. The molecule has 1 N–H and O–H groups in total. The second-order valence-corrected chi connectivity index (χ2v) is 8.21. The molecule has 32 heavy (non-hydrogen) atoms. The van der Waals surface area contributed by atoms with Gasteiger partial charge in [0.1, 0.15) is 11.6 Å². The first-order chi connectivity index (χ1) is 15.4. The second kappa shape index (κ2) is 8.74. The van der Waals surface area contributed by atoms with E-state index in [0.717, 1.165) is 33.6 Å². The van der Waals surface area contributed by atoms with Crippen molar-refractivity contribution in [1.29, 1.82) is 5.26 Å². The van der Waals surface area contributed by atoms with Gasteiger partial charge in [-0.25, -0.2) is 0 Å². The Morgan fingerprint density at radius 1 is 1.00 bits per heavy atom. The van der Waals surface area contributed by atoms with Gasteiger partial charge in [0.25, 0.3) is 5.91 Å². The van der Waals surface area contributed by atoms with Gasteiger partial charge >= 0.3 is 0 Å². The van der Waals surface area contributed by atoms with Gasteiger partial charge in [-0.05, 0) is 79.1 Å². The van der Waals surface area contributed by atoms with Crippen LogP contribution in [0.4, 0.5) is 5.69 Å². The number of rotatable bonds is 4. The van der Waals surface area contributed by atoms with Crippen LogP contribution in [-0.2, 0) is 4.79 Å². The number of benzene rings is 3. The lowest BCUT2D eigenvalue weighted by molar-refractivity contribution is -0.112. The van der Waals surface area contributed by atoms with Gasteiger partial charge in [0.2, 0.25) is 0 Å². The molecule has 0 atom stereocenters. The Morgan fingerprint density at radius 3 is 2.50 bits per heavy atom. The van der Waals surface area contributed by atoms with Gasteiger partial charge in [-0.3, -0.25) is 4.79 Å². The summed E-state index contributed by atoms with van der Waals surface area (Å²) >= 11 is 6.05. The van der Waals surface area contributed by atoms with Crippen molar-refractivity contribution in [2.45, 2.75) is 20.8 Å². The summed E-state index contributed by atoms with van der Waals surface area (Å²) in [5.74, 6) is -0.464. The molecule has 4 aromatic rings. The van der Waals surface area contributed by atoms with Crippen LogP contribution < -0.4 is 5.32 Å². The summed E-state index contributed by atoms with van der Waals surface area (Å²) in [5, 5.41) is 15.3. The van der Waals surface area contributed by atoms with Crippen LogP contribution >= 0.6 is 11.6 Å². The Kier molecular flexibility index (Phi) is 5.85. The number of nitrogens with one attached hydrogen (secondary N) is 1. The number of amides is 1. The Labute approximate surface area is 192 Å². The molecule has 3 aromatic carbocycles. The van der Waals surface area contributed by atoms with Crippen molar-refractivity contribution in [3.05, 3.63) is 99.8 Å². The van der Waals surface area contributed by atoms with E-state index in [4.69, 9.17) is 11.6 Å². The zero-order chi connectivity index (χ0) is 22.8. The van der Waals surface area contributed by atoms with Crippen molar-refractivity contribution < 1.29 is 4.79 Å². The number of carbonyl (C=O) groups excluding carboxylic acids is 1. The summed E-state index contributed by atoms with van der Waals surface area (Å²) in [7, 11) is 0. The van der Waals surface area contributed by atoms with Crippen LogP contribution in [0.2, 0.25) is 5.02 Å². The molecule has 0 radical (unpaired) electrons. The van der Waals surface area contributed by atoms with E-state index in [2.05, 4.69) is 40.2 Å². The van der Waals surface area contributed by atoms with E-state index >= 15 is 0 Å². The Balaban J connectivity index is 1.69. The van der Waals surface area contributed by atoms with Gasteiger partial charge in [0, 0.05) is 27.8 Å². The maximum atomic E-state index is 12.8. The molecule has 1 aromatic heterocycles. The molecular weight excluding hydrogens is 418 g/mol. The quantitative estimate of drug-likeness (QED) is 0.282. The van der Waals surface area contributed by atoms with Crippen LogP contribution in [0.15, 0.2) is 72.3 Å². The van der Waals surface area contributed by atoms with Gasteiger partial charge in [-0.2, -0.15) is 5.26 Å². The largest absolute Gasteiger partial charge is 0.321 e. The van der Waals surface area contributed by atoms with Crippen LogP contribution in [0.1, 0.15) is 22.5 Å². The summed E-state index contributed by atoms with van der Waals surface area (Å²) in [4.78, 5) is 12.8. The fraction of sp³-hybridized carbons (Fsp3) is 0.111. The van der Waals surface area contributed by atoms with Crippen molar-refractivity contribution in [2.75, 3.05) is 5.32 Å². The standard InChI is InChI=1S/C27H22ClN3O/c1-17-8-10-24(28)15-26(17)30-27(32)23(16-29)13-22-12-18(2)31(19(22)3)25-11-9-20-6-4-5-7-21(20)14-25/h4-15H,1-3H3,(H,30,32)/b23-13+. The number of nitriles is 1. The average molecular weight is 440 g/mol. The molecule has 0 saturated heterocycles. The lowest BCUT2D eigenvalue weighted by Gasteiger charge is -2.11. The minimum absolute atomic E-state index is 0.0307. The highest BCUT2D eigenvalue weighted by atomic mass is 35.5. The minimum Gasteiger partial charge on any atom is -0.321 e. The molecule has 4 rings (SSSR count). The molecule has 0 spiro atoms. The predicted molar refractivity (Wildman–Crippen MR) is 131 cm³/mol. The van der Waals surface area contributed by atoms with Crippen LogP contribution in [0.3, 0.4) is 0 Å². The number of aryl methyl sites for hydroxylation is 2. The smallest absolute Gasteiger partial charge is 0.266 e. The third-order valence-corrected chi connectivity index (χ3v) is 5.81. The van der Waals surface area contributed by atoms with Crippen molar-refractivity contribution in [1.82, 2.24) is 4.57 Å². The molecule has 0 aliphatic heterocycles. The number of anilines is 1. The van der Waals surface area contributed by atoms with Gasteiger partial charge in [0.05, 0.1) is 0 Å². The normalized spacial score (nSPS) is 11.4. The second-order valence-electron chi connectivity index (χ2n) is 7.78. The molecule has 1 heterocycles. The number of hydrogen-bond donors (Lipinski definition) is 1. The van der Waals surface area contributed by atoms with E-state index in [1.807, 2.05) is 51.1 Å². The first-order valence-electron chi connectivity index (χ1n) is 10.2. The molecule has 5 heteroatoms. The van der Waals surface area contributed by atoms with Crippen molar-refractivity contribution >= 4 is 40.0 Å². The maximum Gasteiger partial charge on any atom is 0.266 e. The highest BCUT2D eigenvalue weighted by molar-refractivity contribution is 6.31. The van der Waals surface area contributed by atoms with Crippen molar-refractivity contribution in [3.63, 3.8) is 0 Å². The minimum atomic E-state index is -0.464. The maximum absolute atomic E-state index is 12.8. The van der Waals surface area contributed by atoms with E-state index in [0.29, 0.717) is 10.7 Å². The Morgan fingerprint density at radius 2 is 1.75 bits per heavy atom. The summed E-state index contributed by atoms with van der Waals surface area (Å²) in [6.07, 6.45) is 1.63. The molecule has 0 aliphatic carbocycles. The molecule has 1 amide bonds. The van der Waals surface area contributed by atoms with Crippen LogP contribution in [0, 0.1) is 32.1 Å². The first kappa shape index (κ1) is 21.4. The Bertz CT molecular complexity index is 1420. The van der Waals surface area contributed by atoms with Crippen molar-refractivity contribution in [2.24, 2.45) is 0 Å². The van der Waals surface area contributed by atoms with E-state index in [-0.39, 0.29) is 5.57 Å². The van der Waals surface area contributed by atoms with E-state index < -0.39 is 5.91 Å². The number of nitrogens with zero attached hydrogens (tertiary/aromatic N) is 2. The summed E-state index contributed by atoms with van der Waals surface area (Å²) in [6.45, 7) is 5.88.